The molecule has 0 unspecified atom stereocenters. The first-order valence-electron chi connectivity index (χ1n) is 2.58. The molecule has 0 saturated carbocycles. The van der Waals surface area contributed by atoms with Gasteiger partial charge in [0.25, 0.3) is 0 Å². The van der Waals surface area contributed by atoms with Gasteiger partial charge in [-0.1, -0.05) is 19.1 Å². The second kappa shape index (κ2) is 2.47. The Morgan fingerprint density at radius 2 is 1.71 bits per heavy atom. The molecule has 0 spiro atoms. The lowest BCUT2D eigenvalue weighted by molar-refractivity contribution is 0.964. The van der Waals surface area contributed by atoms with E-state index in [1.54, 1.807) is 0 Å². The van der Waals surface area contributed by atoms with Crippen LogP contribution in [0.4, 0.5) is 0 Å². The Labute approximate surface area is 61.6 Å². The summed E-state index contributed by atoms with van der Waals surface area (Å²) in [4.78, 5) is 0. The molecule has 38 valence electrons. The van der Waals surface area contributed by atoms with Crippen LogP contribution < -0.4 is 0 Å². The normalized spacial score (nSPS) is 11.3. The predicted octanol–water partition coefficient (Wildman–Crippen LogP) is -0.0865. The third-order valence-corrected chi connectivity index (χ3v) is 3.06. The number of hydrogen-bond donors (Lipinski definition) is 0. The maximum atomic E-state index is 2.45. The Bertz CT molecular complexity index is 55.7. The monoisotopic (exact) mass is 206 g/mol. The van der Waals surface area contributed by atoms with E-state index in [1.807, 2.05) is 0 Å². The van der Waals surface area contributed by atoms with Crippen LogP contribution >= 0.6 is 22.4 Å². The molecule has 0 aromatic heterocycles. The zero-order valence-corrected chi connectivity index (χ0v) is 7.61. The summed E-state index contributed by atoms with van der Waals surface area (Å²) in [6.07, 6.45) is 0. The van der Waals surface area contributed by atoms with Crippen LogP contribution in [0.3, 0.4) is 0 Å². The smallest absolute Gasteiger partial charge is 0.161 e. The Hall–Kier alpha value is 0.925. The zero-order chi connectivity index (χ0) is 6.08. The molecule has 0 heterocycles. The van der Waals surface area contributed by atoms with Gasteiger partial charge in [0.2, 0.25) is 0 Å². The van der Waals surface area contributed by atoms with E-state index in [9.17, 15) is 0 Å². The highest BCUT2D eigenvalue weighted by Crippen LogP contribution is 2.23. The summed E-state index contributed by atoms with van der Waals surface area (Å²) in [5.41, 5.74) is 0. The highest BCUT2D eigenvalue weighted by Gasteiger charge is 2.19. The summed E-state index contributed by atoms with van der Waals surface area (Å²) in [5.74, 6) is 0. The Morgan fingerprint density at radius 1 is 1.57 bits per heavy atom. The summed E-state index contributed by atoms with van der Waals surface area (Å²) < 4.78 is 0.769. The van der Waals surface area contributed by atoms with Crippen molar-refractivity contribution in [3.63, 3.8) is 0 Å². The average molecular weight is 205 g/mol. The van der Waals surface area contributed by atoms with Crippen LogP contribution in [0.1, 0.15) is 13.8 Å². The molecule has 0 fully saturated rings. The topological polar surface area (TPSA) is 0 Å². The molecule has 0 atom stereocenters. The quantitative estimate of drug-likeness (QED) is 0.415. The van der Waals surface area contributed by atoms with Gasteiger partial charge in [-0.25, -0.2) is 0 Å². The molecule has 7 heavy (non-hydrogen) atoms. The van der Waals surface area contributed by atoms with Gasteiger partial charge < -0.3 is 0 Å². The summed E-state index contributed by atoms with van der Waals surface area (Å²) in [7, 11) is 4.49. The van der Waals surface area contributed by atoms with Crippen LogP contribution in [0.5, 0.6) is 0 Å². The standard InChI is InChI=1S/C3H10B3I/c1-3(2,4)6(5)7/h4-5H2,1-2H3. The van der Waals surface area contributed by atoms with Crippen LogP contribution in [0.15, 0.2) is 0 Å². The first kappa shape index (κ1) is 7.92. The maximum Gasteiger partial charge on any atom is 0.175 e. The van der Waals surface area contributed by atoms with E-state index in [4.69, 9.17) is 0 Å². The lowest BCUT2D eigenvalue weighted by atomic mass is 9.33. The number of hydrogen-bond acceptors (Lipinski definition) is 0. The fraction of sp³-hybridized carbons (Fsp3) is 1.00. The fourth-order valence-electron chi connectivity index (χ4n) is 0. The van der Waals surface area contributed by atoms with Gasteiger partial charge in [-0.3, -0.25) is 0 Å². The summed E-state index contributed by atoms with van der Waals surface area (Å²) in [6, 6.07) is 0. The van der Waals surface area contributed by atoms with Gasteiger partial charge in [0.05, 0.1) is 15.6 Å². The number of halogens is 1. The van der Waals surface area contributed by atoms with Crippen LogP contribution in [-0.2, 0) is 0 Å². The zero-order valence-electron chi connectivity index (χ0n) is 5.46. The summed E-state index contributed by atoms with van der Waals surface area (Å²) in [6.45, 7) is 4.51. The minimum atomic E-state index is 0.487. The molecule has 4 heteroatoms. The van der Waals surface area contributed by atoms with Crippen molar-refractivity contribution >= 4 is 42.4 Å². The minimum Gasteiger partial charge on any atom is -0.161 e. The first-order valence-corrected chi connectivity index (χ1v) is 3.83. The molecule has 0 N–H and O–H groups in total. The molecule has 0 aromatic carbocycles. The average Bonchev–Trinajstić information content (AvgIpc) is 1.31. The van der Waals surface area contributed by atoms with Crippen molar-refractivity contribution in [2.45, 2.75) is 19.1 Å². The van der Waals surface area contributed by atoms with Crippen molar-refractivity contribution < 1.29 is 0 Å². The SMILES string of the molecule is BB(I)C(B)(C)C. The molecule has 0 amide bonds. The molecule has 0 aliphatic rings. The first-order chi connectivity index (χ1) is 2.94. The van der Waals surface area contributed by atoms with Gasteiger partial charge in [0, 0.05) is 0 Å². The molecule has 0 bridgehead atoms. The van der Waals surface area contributed by atoms with Crippen molar-refractivity contribution in [3.05, 3.63) is 0 Å². The summed E-state index contributed by atoms with van der Waals surface area (Å²) >= 11 is 2.45. The Kier molecular flexibility index (Phi) is 2.79. The van der Waals surface area contributed by atoms with Gasteiger partial charge in [-0.2, -0.15) is 22.4 Å². The molecular formula is C3H10B3I. The van der Waals surface area contributed by atoms with Gasteiger partial charge in [0.15, 0.2) is 4.46 Å². The van der Waals surface area contributed by atoms with Crippen molar-refractivity contribution in [1.29, 1.82) is 0 Å². The largest absolute Gasteiger partial charge is 0.175 e. The Balaban J connectivity index is 3.54. The second-order valence-electron chi connectivity index (χ2n) is 2.98. The lowest BCUT2D eigenvalue weighted by Gasteiger charge is -2.18. The minimum absolute atomic E-state index is 0.487. The van der Waals surface area contributed by atoms with E-state index in [0.717, 1.165) is 4.46 Å². The van der Waals surface area contributed by atoms with Gasteiger partial charge >= 0.3 is 0 Å². The van der Waals surface area contributed by atoms with E-state index in [0.29, 0.717) is 5.21 Å². The molecule has 0 rings (SSSR count). The molecule has 0 radical (unpaired) electrons. The molecule has 0 aromatic rings. The third kappa shape index (κ3) is 3.50. The molecule has 0 nitrogen and oxygen atoms in total. The van der Waals surface area contributed by atoms with Crippen molar-refractivity contribution in [2.24, 2.45) is 0 Å². The van der Waals surface area contributed by atoms with Crippen LogP contribution in [0.2, 0.25) is 5.21 Å². The fourth-order valence-corrected chi connectivity index (χ4v) is 0. The highest BCUT2D eigenvalue weighted by atomic mass is 127. The van der Waals surface area contributed by atoms with E-state index in [-0.39, 0.29) is 0 Å². The van der Waals surface area contributed by atoms with Gasteiger partial charge in [-0.15, -0.1) is 0 Å². The van der Waals surface area contributed by atoms with E-state index < -0.39 is 0 Å². The molecular weight excluding hydrogens is 195 g/mol. The van der Waals surface area contributed by atoms with Crippen LogP contribution in [-0.4, -0.2) is 20.0 Å². The second-order valence-corrected chi connectivity index (χ2v) is 4.85. The van der Waals surface area contributed by atoms with E-state index in [1.165, 1.54) is 0 Å². The van der Waals surface area contributed by atoms with Crippen LogP contribution in [0, 0.1) is 0 Å². The van der Waals surface area contributed by atoms with Crippen LogP contribution in [0.25, 0.3) is 0 Å². The Morgan fingerprint density at radius 3 is 1.71 bits per heavy atom. The molecule has 0 aliphatic carbocycles. The van der Waals surface area contributed by atoms with Crippen molar-refractivity contribution in [3.8, 4) is 0 Å². The van der Waals surface area contributed by atoms with Crippen molar-refractivity contribution in [1.82, 2.24) is 0 Å². The number of rotatable bonds is 1. The molecule has 0 aliphatic heterocycles. The predicted molar refractivity (Wildman–Crippen MR) is 50.9 cm³/mol. The van der Waals surface area contributed by atoms with E-state index >= 15 is 0 Å². The maximum absolute atomic E-state index is 2.45. The lowest BCUT2D eigenvalue weighted by Crippen LogP contribution is -2.21. The highest BCUT2D eigenvalue weighted by molar-refractivity contribution is 14.1. The van der Waals surface area contributed by atoms with Crippen molar-refractivity contribution in [2.75, 3.05) is 0 Å². The third-order valence-electron chi connectivity index (χ3n) is 1.19. The van der Waals surface area contributed by atoms with Gasteiger partial charge in [-0.05, 0) is 0 Å². The van der Waals surface area contributed by atoms with Gasteiger partial charge in [0.1, 0.15) is 0 Å². The molecule has 0 saturated heterocycles. The summed E-state index contributed by atoms with van der Waals surface area (Å²) in [5, 5.41) is 0.487. The van der Waals surface area contributed by atoms with E-state index in [2.05, 4.69) is 51.8 Å².